The summed E-state index contributed by atoms with van der Waals surface area (Å²) in [4.78, 5) is 0. The van der Waals surface area contributed by atoms with Gasteiger partial charge in [0.05, 0.1) is 0 Å². The second-order valence-corrected chi connectivity index (χ2v) is 31.7. The Morgan fingerprint density at radius 2 is 0.0588 bits per heavy atom. The molecule has 0 atom stereocenters. The zero-order valence-electron chi connectivity index (χ0n) is 63.1. The van der Waals surface area contributed by atoms with Crippen LogP contribution in [-0.2, 0) is 607 Å². The summed E-state index contributed by atoms with van der Waals surface area (Å²) in [7, 11) is 0. The van der Waals surface area contributed by atoms with Crippen molar-refractivity contribution in [1.82, 2.24) is 0 Å². The van der Waals surface area contributed by atoms with E-state index in [1.807, 2.05) is 0 Å². The molecular weight excluding hydrogens is 3540 g/mol. The van der Waals surface area contributed by atoms with Crippen LogP contribution in [0.3, 0.4) is 0 Å². The molecule has 0 aromatic heterocycles. The summed E-state index contributed by atoms with van der Waals surface area (Å²) in [6.07, 6.45) is 0. The Hall–Kier alpha value is 20.9. The molecule has 0 spiro atoms. The molecule has 0 N–H and O–H groups in total. The van der Waals surface area contributed by atoms with Crippen LogP contribution in [0.5, 0.6) is 0 Å². The van der Waals surface area contributed by atoms with Crippen LogP contribution in [0, 0.1) is 0 Å². The van der Waals surface area contributed by atoms with Gasteiger partial charge in [0.15, 0.2) is 0 Å². The zero-order valence-corrected chi connectivity index (χ0v) is 116. The van der Waals surface area contributed by atoms with E-state index in [-0.39, 0.29) is 434 Å². The van der Waals surface area contributed by atoms with Gasteiger partial charge in [-0.05, 0) is 0 Å². The number of rotatable bonds is 0. The second kappa shape index (κ2) is 306. The fourth-order valence-electron chi connectivity index (χ4n) is 0. The molecule has 576 valence electrons. The van der Waals surface area contributed by atoms with E-state index in [2.05, 4.69) is 0 Å². The zero-order chi connectivity index (χ0) is 85.9. The first-order valence-electron chi connectivity index (χ1n) is 13.1. The summed E-state index contributed by atoms with van der Waals surface area (Å²) in [5.41, 5.74) is 0. The van der Waals surface area contributed by atoms with E-state index < -0.39 is 451 Å². The fourth-order valence-corrected chi connectivity index (χ4v) is 0. The maximum atomic E-state index is 8.60. The summed E-state index contributed by atoms with van der Waals surface area (Å²) in [5.74, 6) is 0. The third-order valence-electron chi connectivity index (χ3n) is 0. The van der Waals surface area contributed by atoms with Gasteiger partial charge in [-0.15, -0.1) is 0 Å². The molecule has 0 aliphatic rings. The van der Waals surface area contributed by atoms with Crippen molar-refractivity contribution in [2.45, 2.75) is 0 Å². The molecule has 0 aromatic rings. The van der Waals surface area contributed by atoms with Crippen molar-refractivity contribution in [3.05, 3.63) is 0 Å². The summed E-state index contributed by atoms with van der Waals surface area (Å²) < 4.78 is 619. The monoisotopic (exact) mass is 3540 g/mol. The molecule has 0 amide bonds. The third-order valence-corrected chi connectivity index (χ3v) is 0. The Balaban J connectivity index is -0.0000000100. The SMILES string of the molecule is [Li+].[Li+].[Li+].[Li+].[Li+].[Li+].[Li+].[Li+].[Li+].[Li+].[Li+].[Li+].[Li+].[Li+].[Li+].[Li+].[Li+].[Li+].[Li+].[Li+].[Li+].[Li+].[Li+].[O]=[Nb](=[O])[O-].[O]=[Nb](=[O])[O-].[O]=[Nb](=[O])[O-].[O]=[Nb](=[O])[O-].[O]=[Nb](=[O])[O-].[O]=[Nb](=[O])[O-].[O]=[Nb](=[O])[O-].[O]=[Nb](=[O])[O-].[O]=[Nb](=[O])[O-].[O]=[Nb](=[O])[O-].[O]=[Nb](=[O])[O-].[O]=[Nb](=[O])[O-].[O]=[Nb](=[O])[O-].[O]=[Nb](=[O])[O-].[O]=[Nb](=[O])[O-].[O]=[Nb](=[O])[O-].[O]=[Nb](=[O])[O-].[O]=[Nb](=[O])[O-].[O]=[Nb](=[O])[O-].[O]=[Nb](=[O])[O-].[O]=[Nb](=[O])[O-].[O]=[Nb](=[O])[O-].[O]=[Nb](=[O])[O-].[O]=[Nb](=[O])[O-]. The average Bonchev–Trinajstić information content (AvgIpc) is 3.12. The summed E-state index contributed by atoms with van der Waals surface area (Å²) in [6, 6.07) is 0. The van der Waals surface area contributed by atoms with Crippen molar-refractivity contribution in [3.63, 3.8) is 0 Å². The Morgan fingerprint density at radius 1 is 0.0588 bits per heavy atom. The van der Waals surface area contributed by atoms with Crippen LogP contribution in [0.15, 0.2) is 0 Å². The van der Waals surface area contributed by atoms with E-state index in [4.69, 9.17) is 243 Å². The van der Waals surface area contributed by atoms with Crippen LogP contribution >= 0.6 is 0 Å². The fraction of sp³-hybridized carbons (Fsp3) is 0. The minimum atomic E-state index is -4.20. The van der Waals surface area contributed by atoms with Crippen molar-refractivity contribution < 1.29 is 1130 Å². The molecule has 0 aliphatic heterocycles. The summed E-state index contributed by atoms with van der Waals surface area (Å²) in [6.45, 7) is 0. The number of hydrogen-bond donors (Lipinski definition) is 0. The van der Waals surface area contributed by atoms with Crippen LogP contribution in [-0.4, -0.2) is 0 Å². The molecule has 0 saturated carbocycles. The first-order chi connectivity index (χ1) is 41.6. The van der Waals surface area contributed by atoms with Gasteiger partial charge in [0.25, 0.3) is 0 Å². The van der Waals surface area contributed by atoms with Gasteiger partial charge in [-0.2, -0.15) is 0 Å². The van der Waals surface area contributed by atoms with Gasteiger partial charge in [-0.3, -0.25) is 0 Å². The predicted molar refractivity (Wildman–Crippen MR) is 33.0 cm³/mol. The van der Waals surface area contributed by atoms with Crippen molar-refractivity contribution in [3.8, 4) is 0 Å². The van der Waals surface area contributed by atoms with Gasteiger partial charge in [-0.25, -0.2) is 0 Å². The molecule has 119 heavy (non-hydrogen) atoms. The topological polar surface area (TPSA) is 1370 Å². The van der Waals surface area contributed by atoms with Gasteiger partial charge in [0.1, 0.15) is 0 Å². The van der Waals surface area contributed by atoms with Gasteiger partial charge in [-0.1, -0.05) is 0 Å². The minimum absolute atomic E-state index is 0. The van der Waals surface area contributed by atoms with Gasteiger partial charge in [0, 0.05) is 0 Å². The molecule has 0 rings (SSSR count). The molecule has 119 heteroatoms. The first kappa shape index (κ1) is 313. The molecule has 0 heterocycles. The first-order valence-corrected chi connectivity index (χ1v) is 77.8. The van der Waals surface area contributed by atoms with E-state index in [1.54, 1.807) is 0 Å². The molecule has 0 unspecified atom stereocenters. The van der Waals surface area contributed by atoms with Crippen LogP contribution in [0.1, 0.15) is 0 Å². The Morgan fingerprint density at radius 3 is 0.0588 bits per heavy atom. The summed E-state index contributed by atoms with van der Waals surface area (Å²) in [5, 5.41) is 0. The molecule has 0 fully saturated rings. The molecule has 0 aliphatic carbocycles. The normalized spacial score (nSPS) is 5.04. The Bertz CT molecular complexity index is 2430. The van der Waals surface area contributed by atoms with E-state index in [1.165, 1.54) is 0 Å². The van der Waals surface area contributed by atoms with Crippen LogP contribution < -0.4 is 521 Å². The molecule has 0 aromatic carbocycles. The Kier molecular flexibility index (Phi) is 804. The molecule has 0 radical (unpaired) electrons. The molecule has 72 nitrogen and oxygen atoms in total. The Labute approximate surface area is 1100 Å². The van der Waals surface area contributed by atoms with E-state index in [0.717, 1.165) is 0 Å². The molecular formula is Li23Nb24O72-. The van der Waals surface area contributed by atoms with E-state index in [9.17, 15) is 0 Å². The maximum absolute atomic E-state index is 8.60. The second-order valence-electron chi connectivity index (χ2n) is 5.37. The van der Waals surface area contributed by atoms with Gasteiger partial charge >= 0.3 is 1130 Å². The van der Waals surface area contributed by atoms with E-state index in [0.29, 0.717) is 0 Å². The van der Waals surface area contributed by atoms with Crippen molar-refractivity contribution in [1.29, 1.82) is 0 Å². The molecule has 0 bridgehead atoms. The van der Waals surface area contributed by atoms with Gasteiger partial charge < -0.3 is 0 Å². The van der Waals surface area contributed by atoms with Crippen molar-refractivity contribution >= 4 is 0 Å². The van der Waals surface area contributed by atoms with Crippen LogP contribution in [0.2, 0.25) is 0 Å². The number of hydrogen-bond acceptors (Lipinski definition) is 72. The molecule has 0 saturated heterocycles. The standard InChI is InChI=1S/23Li.24Nb.72O/q23*+1;;;;;;;;;;;;;;;;;;;;;;;;;;;;;;;;;;;;;;;;;;;;;;;;;;;;;;;;;;;;;;;;;;;;;;;;;24*-1. The average molecular weight is 3540 g/mol. The van der Waals surface area contributed by atoms with Crippen LogP contribution in [0.25, 0.3) is 0 Å². The van der Waals surface area contributed by atoms with Gasteiger partial charge in [0.2, 0.25) is 0 Å². The van der Waals surface area contributed by atoms with E-state index >= 15 is 0 Å². The van der Waals surface area contributed by atoms with Crippen molar-refractivity contribution in [2.24, 2.45) is 0 Å². The quantitative estimate of drug-likeness (QED) is 0.203. The summed E-state index contributed by atoms with van der Waals surface area (Å²) >= 11 is -101. The predicted octanol–water partition coefficient (Wildman–Crippen LogP) is -103. The third kappa shape index (κ3) is 5940. The van der Waals surface area contributed by atoms with Crippen LogP contribution in [0.4, 0.5) is 0 Å². The van der Waals surface area contributed by atoms with Crippen molar-refractivity contribution in [2.75, 3.05) is 0 Å².